The monoisotopic (exact) mass is 335 g/mol. The lowest BCUT2D eigenvalue weighted by Gasteiger charge is -2.06. The molecular weight excluding hydrogens is 326 g/mol. The Balaban J connectivity index is 1.80. The molecule has 24 heavy (non-hydrogen) atoms. The first-order chi connectivity index (χ1) is 11.6. The van der Waals surface area contributed by atoms with E-state index in [9.17, 15) is 4.79 Å². The van der Waals surface area contributed by atoms with Gasteiger partial charge in [0.25, 0.3) is 5.91 Å². The normalized spacial score (nSPS) is 12.6. The minimum absolute atomic E-state index is 0.221. The third kappa shape index (κ3) is 1.58. The molecule has 0 amide bonds. The lowest BCUT2D eigenvalue weighted by Crippen LogP contribution is -2.10. The first kappa shape index (κ1) is 13.3. The first-order valence-electron chi connectivity index (χ1n) is 7.32. The molecule has 0 saturated carbocycles. The number of nitrogens with two attached hydrogens (primary N) is 1. The van der Waals surface area contributed by atoms with Gasteiger partial charge in [-0.15, -0.1) is 0 Å². The summed E-state index contributed by atoms with van der Waals surface area (Å²) in [5.41, 5.74) is 9.36. The van der Waals surface area contributed by atoms with Crippen molar-refractivity contribution in [2.45, 2.75) is 0 Å². The number of nitrogens with zero attached hydrogens (tertiary/aromatic N) is 4. The van der Waals surface area contributed by atoms with Crippen molar-refractivity contribution in [3.8, 4) is 17.1 Å². The Hall–Kier alpha value is -3.12. The number of fused-ring (bicyclic) bond motifs is 5. The first-order valence-corrected chi connectivity index (χ1v) is 7.70. The van der Waals surface area contributed by atoms with Crippen LogP contribution in [0.4, 0.5) is 5.82 Å². The van der Waals surface area contributed by atoms with E-state index < -0.39 is 0 Å². The fourth-order valence-corrected chi connectivity index (χ4v) is 3.30. The molecule has 116 valence electrons. The third-order valence-electron chi connectivity index (χ3n) is 4.16. The maximum Gasteiger partial charge on any atom is 0.285 e. The highest BCUT2D eigenvalue weighted by atomic mass is 35.5. The standard InChI is InChI=1S/C17H10ClN5O/c18-9-4-3-5-10(8-9)23-15(19)13-14(21-23)17(24)22-12-7-2-1-6-11(12)20-16(13)22/h1-8H,19H2. The molecule has 0 radical (unpaired) electrons. The smallest absolute Gasteiger partial charge is 0.285 e. The second-order valence-corrected chi connectivity index (χ2v) is 6.00. The van der Waals surface area contributed by atoms with Crippen LogP contribution in [-0.4, -0.2) is 25.2 Å². The molecule has 0 saturated heterocycles. The van der Waals surface area contributed by atoms with Crippen molar-refractivity contribution in [2.24, 2.45) is 0 Å². The number of carbonyl (C=O) groups is 1. The summed E-state index contributed by atoms with van der Waals surface area (Å²) in [7, 11) is 0. The Kier molecular flexibility index (Phi) is 2.47. The zero-order valence-corrected chi connectivity index (χ0v) is 13.0. The molecule has 2 aromatic heterocycles. The summed E-state index contributed by atoms with van der Waals surface area (Å²) < 4.78 is 3.09. The highest BCUT2D eigenvalue weighted by Gasteiger charge is 2.36. The Morgan fingerprint density at radius 2 is 1.92 bits per heavy atom. The number of para-hydroxylation sites is 2. The van der Waals surface area contributed by atoms with Crippen LogP contribution in [-0.2, 0) is 0 Å². The van der Waals surface area contributed by atoms with Crippen LogP contribution in [0.2, 0.25) is 5.02 Å². The van der Waals surface area contributed by atoms with E-state index in [0.29, 0.717) is 33.6 Å². The van der Waals surface area contributed by atoms with Crippen LogP contribution in [0.25, 0.3) is 28.1 Å². The molecule has 0 spiro atoms. The number of imidazole rings is 1. The van der Waals surface area contributed by atoms with Crippen LogP contribution in [0, 0.1) is 0 Å². The lowest BCUT2D eigenvalue weighted by atomic mass is 10.2. The van der Waals surface area contributed by atoms with E-state index in [2.05, 4.69) is 10.1 Å². The number of hydrogen-bond donors (Lipinski definition) is 1. The Labute approximate surface area is 141 Å². The predicted octanol–water partition coefficient (Wildman–Crippen LogP) is 3.13. The second-order valence-electron chi connectivity index (χ2n) is 5.57. The van der Waals surface area contributed by atoms with Crippen molar-refractivity contribution in [3.63, 3.8) is 0 Å². The van der Waals surface area contributed by atoms with E-state index in [1.165, 1.54) is 4.68 Å². The van der Waals surface area contributed by atoms with Crippen LogP contribution in [0.3, 0.4) is 0 Å². The third-order valence-corrected chi connectivity index (χ3v) is 4.40. The number of aromatic nitrogens is 4. The van der Waals surface area contributed by atoms with Gasteiger partial charge >= 0.3 is 0 Å². The minimum Gasteiger partial charge on any atom is -0.383 e. The SMILES string of the molecule is Nc1c2c(nn1-c1cccc(Cl)c1)C(=O)n1c-2nc2ccccc21. The van der Waals surface area contributed by atoms with Crippen LogP contribution in [0.15, 0.2) is 48.5 Å². The van der Waals surface area contributed by atoms with Gasteiger partial charge in [0.2, 0.25) is 0 Å². The lowest BCUT2D eigenvalue weighted by molar-refractivity contribution is 0.0968. The number of benzene rings is 2. The molecule has 3 heterocycles. The van der Waals surface area contributed by atoms with Crippen molar-refractivity contribution in [2.75, 3.05) is 5.73 Å². The molecule has 0 atom stereocenters. The predicted molar refractivity (Wildman–Crippen MR) is 91.4 cm³/mol. The number of nitrogen functional groups attached to an aromatic ring is 1. The summed E-state index contributed by atoms with van der Waals surface area (Å²) in [5, 5.41) is 4.97. The van der Waals surface area contributed by atoms with Gasteiger partial charge in [0.05, 0.1) is 22.3 Å². The van der Waals surface area contributed by atoms with Crippen LogP contribution >= 0.6 is 11.6 Å². The minimum atomic E-state index is -0.221. The van der Waals surface area contributed by atoms with Crippen molar-refractivity contribution >= 4 is 34.4 Å². The molecule has 0 bridgehead atoms. The maximum atomic E-state index is 12.8. The molecule has 2 N–H and O–H groups in total. The van der Waals surface area contributed by atoms with Gasteiger partial charge in [-0.25, -0.2) is 9.67 Å². The Bertz CT molecular complexity index is 1160. The van der Waals surface area contributed by atoms with Gasteiger partial charge in [-0.05, 0) is 30.3 Å². The topological polar surface area (TPSA) is 78.7 Å². The summed E-state index contributed by atoms with van der Waals surface area (Å²) in [4.78, 5) is 17.3. The number of halogens is 1. The molecular formula is C17H10ClN5O. The molecule has 1 aliphatic rings. The van der Waals surface area contributed by atoms with Gasteiger partial charge in [0.15, 0.2) is 11.5 Å². The van der Waals surface area contributed by atoms with E-state index in [1.54, 1.807) is 22.8 Å². The molecule has 2 aromatic carbocycles. The van der Waals surface area contributed by atoms with Gasteiger partial charge in [-0.2, -0.15) is 5.10 Å². The number of carbonyl (C=O) groups excluding carboxylic acids is 1. The average Bonchev–Trinajstić information content (AvgIpc) is 3.19. The highest BCUT2D eigenvalue weighted by Crippen LogP contribution is 2.39. The van der Waals surface area contributed by atoms with Crippen molar-refractivity contribution in [1.82, 2.24) is 19.3 Å². The van der Waals surface area contributed by atoms with Crippen LogP contribution < -0.4 is 5.73 Å². The number of hydrogen-bond acceptors (Lipinski definition) is 4. The number of rotatable bonds is 1. The highest BCUT2D eigenvalue weighted by molar-refractivity contribution is 6.30. The van der Waals surface area contributed by atoms with Crippen LogP contribution in [0.1, 0.15) is 10.5 Å². The van der Waals surface area contributed by atoms with E-state index in [1.807, 2.05) is 30.3 Å². The van der Waals surface area contributed by atoms with Gasteiger partial charge < -0.3 is 5.73 Å². The van der Waals surface area contributed by atoms with E-state index >= 15 is 0 Å². The van der Waals surface area contributed by atoms with E-state index in [-0.39, 0.29) is 5.91 Å². The zero-order chi connectivity index (χ0) is 16.4. The zero-order valence-electron chi connectivity index (χ0n) is 12.3. The summed E-state index contributed by atoms with van der Waals surface area (Å²) >= 11 is 6.04. The Morgan fingerprint density at radius 1 is 1.08 bits per heavy atom. The summed E-state index contributed by atoms with van der Waals surface area (Å²) in [6.07, 6.45) is 0. The summed E-state index contributed by atoms with van der Waals surface area (Å²) in [6, 6.07) is 14.6. The molecule has 0 unspecified atom stereocenters. The fraction of sp³-hybridized carbons (Fsp3) is 0. The quantitative estimate of drug-likeness (QED) is 0.510. The second kappa shape index (κ2) is 4.46. The Morgan fingerprint density at radius 3 is 2.75 bits per heavy atom. The summed E-state index contributed by atoms with van der Waals surface area (Å²) in [6.45, 7) is 0. The van der Waals surface area contributed by atoms with Gasteiger partial charge in [0, 0.05) is 5.02 Å². The van der Waals surface area contributed by atoms with Crippen molar-refractivity contribution in [3.05, 3.63) is 59.2 Å². The molecule has 0 fully saturated rings. The molecule has 4 aromatic rings. The largest absolute Gasteiger partial charge is 0.383 e. The molecule has 1 aliphatic heterocycles. The summed E-state index contributed by atoms with van der Waals surface area (Å²) in [5.74, 6) is 0.679. The maximum absolute atomic E-state index is 12.8. The molecule has 0 aliphatic carbocycles. The van der Waals surface area contributed by atoms with Crippen LogP contribution in [0.5, 0.6) is 0 Å². The average molecular weight is 336 g/mol. The molecule has 5 rings (SSSR count). The van der Waals surface area contributed by atoms with Gasteiger partial charge in [-0.1, -0.05) is 29.8 Å². The van der Waals surface area contributed by atoms with Crippen molar-refractivity contribution < 1.29 is 4.79 Å². The fourth-order valence-electron chi connectivity index (χ4n) is 3.11. The molecule has 7 heteroatoms. The molecule has 6 nitrogen and oxygen atoms in total. The van der Waals surface area contributed by atoms with E-state index in [0.717, 1.165) is 11.0 Å². The van der Waals surface area contributed by atoms with Crippen molar-refractivity contribution in [1.29, 1.82) is 0 Å². The van der Waals surface area contributed by atoms with E-state index in [4.69, 9.17) is 17.3 Å². The van der Waals surface area contributed by atoms with Gasteiger partial charge in [-0.3, -0.25) is 9.36 Å². The van der Waals surface area contributed by atoms with Gasteiger partial charge in [0.1, 0.15) is 5.82 Å². The number of anilines is 1.